The number of nitrogens with zero attached hydrogens (tertiary/aromatic N) is 3. The topological polar surface area (TPSA) is 59.6 Å². The largest absolute Gasteiger partial charge is 0.313 e. The fourth-order valence-electron chi connectivity index (χ4n) is 3.68. The number of hydroxylamine groups is 2. The molecule has 1 saturated heterocycles. The zero-order valence-electron chi connectivity index (χ0n) is 14.5. The van der Waals surface area contributed by atoms with E-state index in [0.717, 1.165) is 17.7 Å². The van der Waals surface area contributed by atoms with Gasteiger partial charge in [0.15, 0.2) is 0 Å². The van der Waals surface area contributed by atoms with Gasteiger partial charge in [0.2, 0.25) is 6.19 Å². The normalized spacial score (nSPS) is 23.2. The number of halogens is 2. The highest BCUT2D eigenvalue weighted by Gasteiger charge is 2.51. The summed E-state index contributed by atoms with van der Waals surface area (Å²) in [6.07, 6.45) is 3.89. The van der Waals surface area contributed by atoms with E-state index in [1.165, 1.54) is 5.06 Å². The maximum atomic E-state index is 10.5. The van der Waals surface area contributed by atoms with Crippen LogP contribution in [-0.2, 0) is 6.42 Å². The first-order valence-electron chi connectivity index (χ1n) is 7.95. The first-order valence-corrected chi connectivity index (χ1v) is 8.70. The molecule has 0 amide bonds. The van der Waals surface area contributed by atoms with Crippen LogP contribution in [-0.4, -0.2) is 27.1 Å². The molecule has 1 atom stereocenters. The Bertz CT molecular complexity index is 672. The van der Waals surface area contributed by atoms with Crippen LogP contribution in [0.2, 0.25) is 10.0 Å². The van der Waals surface area contributed by atoms with Gasteiger partial charge in [-0.05, 0) is 70.2 Å². The third-order valence-electron chi connectivity index (χ3n) is 4.88. The lowest BCUT2D eigenvalue weighted by molar-refractivity contribution is -0.196. The quantitative estimate of drug-likeness (QED) is 0.593. The van der Waals surface area contributed by atoms with Crippen LogP contribution in [0.4, 0.5) is 0 Å². The van der Waals surface area contributed by atoms with Crippen LogP contribution >= 0.6 is 23.2 Å². The Hall–Kier alpha value is -1.12. The van der Waals surface area contributed by atoms with E-state index < -0.39 is 0 Å². The smallest absolute Gasteiger partial charge is 0.205 e. The van der Waals surface area contributed by atoms with E-state index in [1.54, 1.807) is 6.07 Å². The molecule has 0 radical (unpaired) electrons. The number of hydrogen-bond acceptors (Lipinski definition) is 4. The molecule has 0 spiro atoms. The van der Waals surface area contributed by atoms with Crippen LogP contribution in [0.5, 0.6) is 0 Å². The van der Waals surface area contributed by atoms with Gasteiger partial charge < -0.3 is 5.21 Å². The van der Waals surface area contributed by atoms with E-state index in [-0.39, 0.29) is 17.0 Å². The molecule has 1 fully saturated rings. The molecule has 1 aliphatic rings. The molecular weight excluding hydrogens is 345 g/mol. The Morgan fingerprint density at radius 1 is 1.29 bits per heavy atom. The molecule has 1 aromatic rings. The van der Waals surface area contributed by atoms with E-state index in [4.69, 9.17) is 28.5 Å². The van der Waals surface area contributed by atoms with Gasteiger partial charge in [0.25, 0.3) is 0 Å². The standard InChI is InChI=1S/C18H23Cl2N3O/c1-17(2)10-13(18(3,4)23(17)24)8-16(22-11-21)7-12-5-14(19)9-15(20)6-12/h5-6,9,13,24H,7-8,10H2,1-4H3. The van der Waals surface area contributed by atoms with Crippen molar-refractivity contribution < 1.29 is 5.21 Å². The lowest BCUT2D eigenvalue weighted by Crippen LogP contribution is -2.47. The predicted octanol–water partition coefficient (Wildman–Crippen LogP) is 5.12. The van der Waals surface area contributed by atoms with Gasteiger partial charge in [-0.1, -0.05) is 23.2 Å². The monoisotopic (exact) mass is 367 g/mol. The summed E-state index contributed by atoms with van der Waals surface area (Å²) >= 11 is 12.1. The Morgan fingerprint density at radius 3 is 2.33 bits per heavy atom. The van der Waals surface area contributed by atoms with Gasteiger partial charge in [-0.3, -0.25) is 0 Å². The molecule has 1 N–H and O–H groups in total. The summed E-state index contributed by atoms with van der Waals surface area (Å²) in [5.41, 5.74) is 1.02. The van der Waals surface area contributed by atoms with Crippen molar-refractivity contribution in [3.05, 3.63) is 33.8 Å². The Kier molecular flexibility index (Phi) is 5.61. The van der Waals surface area contributed by atoms with Gasteiger partial charge in [0, 0.05) is 33.3 Å². The van der Waals surface area contributed by atoms with Gasteiger partial charge in [0.1, 0.15) is 0 Å². The molecular formula is C18H23Cl2N3O. The van der Waals surface area contributed by atoms with Crippen molar-refractivity contribution in [2.75, 3.05) is 0 Å². The maximum Gasteiger partial charge on any atom is 0.205 e. The summed E-state index contributed by atoms with van der Waals surface area (Å²) < 4.78 is 0. The lowest BCUT2D eigenvalue weighted by Gasteiger charge is -2.36. The molecule has 130 valence electrons. The van der Waals surface area contributed by atoms with E-state index in [0.29, 0.717) is 22.9 Å². The highest BCUT2D eigenvalue weighted by Crippen LogP contribution is 2.45. The molecule has 0 aliphatic carbocycles. The molecule has 24 heavy (non-hydrogen) atoms. The van der Waals surface area contributed by atoms with Gasteiger partial charge in [0.05, 0.1) is 0 Å². The molecule has 1 aliphatic heterocycles. The molecule has 1 aromatic carbocycles. The first-order chi connectivity index (χ1) is 11.1. The Labute approximate surface area is 153 Å². The fraction of sp³-hybridized carbons (Fsp3) is 0.556. The molecule has 4 nitrogen and oxygen atoms in total. The third kappa shape index (κ3) is 4.10. The van der Waals surface area contributed by atoms with E-state index in [9.17, 15) is 5.21 Å². The summed E-state index contributed by atoms with van der Waals surface area (Å²) in [4.78, 5) is 4.02. The lowest BCUT2D eigenvalue weighted by atomic mass is 9.82. The van der Waals surface area contributed by atoms with E-state index >= 15 is 0 Å². The van der Waals surface area contributed by atoms with Crippen LogP contribution in [0, 0.1) is 17.4 Å². The first kappa shape index (κ1) is 19.2. The molecule has 2 rings (SSSR count). The molecule has 0 aromatic heterocycles. The van der Waals surface area contributed by atoms with Crippen molar-refractivity contribution in [1.82, 2.24) is 5.06 Å². The number of benzene rings is 1. The fourth-order valence-corrected chi connectivity index (χ4v) is 4.25. The summed E-state index contributed by atoms with van der Waals surface area (Å²) in [6.45, 7) is 8.08. The summed E-state index contributed by atoms with van der Waals surface area (Å²) in [6, 6.07) is 5.35. The second kappa shape index (κ2) is 7.01. The SMILES string of the molecule is CC1(C)CC(CC(Cc2cc(Cl)cc(Cl)c2)=NC#N)C(C)(C)N1O. The van der Waals surface area contributed by atoms with Gasteiger partial charge in [-0.25, -0.2) is 0 Å². The van der Waals surface area contributed by atoms with Crippen molar-refractivity contribution in [1.29, 1.82) is 5.26 Å². The van der Waals surface area contributed by atoms with Crippen molar-refractivity contribution in [2.45, 2.75) is 58.0 Å². The summed E-state index contributed by atoms with van der Waals surface area (Å²) in [5, 5.41) is 22.1. The van der Waals surface area contributed by atoms with E-state index in [2.05, 4.69) is 4.99 Å². The minimum atomic E-state index is -0.383. The van der Waals surface area contributed by atoms with Crippen molar-refractivity contribution >= 4 is 28.9 Å². The van der Waals surface area contributed by atoms with Crippen molar-refractivity contribution in [3.63, 3.8) is 0 Å². The third-order valence-corrected chi connectivity index (χ3v) is 5.32. The summed E-state index contributed by atoms with van der Waals surface area (Å²) in [5.74, 6) is 0.194. The zero-order valence-corrected chi connectivity index (χ0v) is 16.0. The minimum absolute atomic E-state index is 0.194. The Morgan fingerprint density at radius 2 is 1.88 bits per heavy atom. The number of nitriles is 1. The minimum Gasteiger partial charge on any atom is -0.313 e. The summed E-state index contributed by atoms with van der Waals surface area (Å²) in [7, 11) is 0. The molecule has 1 heterocycles. The number of aliphatic imine (C=N–C) groups is 1. The van der Waals surface area contributed by atoms with Gasteiger partial charge in [-0.15, -0.1) is 0 Å². The highest BCUT2D eigenvalue weighted by atomic mass is 35.5. The van der Waals surface area contributed by atoms with Crippen molar-refractivity contribution in [2.24, 2.45) is 10.9 Å². The van der Waals surface area contributed by atoms with Crippen LogP contribution in [0.25, 0.3) is 0 Å². The van der Waals surface area contributed by atoms with Gasteiger partial charge >= 0.3 is 0 Å². The molecule has 0 bridgehead atoms. The van der Waals surface area contributed by atoms with Crippen LogP contribution in [0.15, 0.2) is 23.2 Å². The van der Waals surface area contributed by atoms with E-state index in [1.807, 2.05) is 46.0 Å². The number of hydrogen-bond donors (Lipinski definition) is 1. The second-order valence-corrected chi connectivity index (χ2v) is 8.49. The average molecular weight is 368 g/mol. The molecule has 1 unspecified atom stereocenters. The van der Waals surface area contributed by atoms with Crippen molar-refractivity contribution in [3.8, 4) is 6.19 Å². The Balaban J connectivity index is 2.21. The average Bonchev–Trinajstić information content (AvgIpc) is 2.58. The zero-order chi connectivity index (χ0) is 18.1. The highest BCUT2D eigenvalue weighted by molar-refractivity contribution is 6.34. The maximum absolute atomic E-state index is 10.5. The predicted molar refractivity (Wildman–Crippen MR) is 97.7 cm³/mol. The van der Waals surface area contributed by atoms with Crippen LogP contribution < -0.4 is 0 Å². The second-order valence-electron chi connectivity index (χ2n) is 7.62. The van der Waals surface area contributed by atoms with Crippen LogP contribution in [0.3, 0.4) is 0 Å². The van der Waals surface area contributed by atoms with Gasteiger partial charge in [-0.2, -0.15) is 15.3 Å². The van der Waals surface area contributed by atoms with Crippen LogP contribution in [0.1, 0.15) is 46.1 Å². The number of rotatable bonds is 4. The molecule has 0 saturated carbocycles. The molecule has 6 heteroatoms.